The van der Waals surface area contributed by atoms with Crippen LogP contribution in [0.25, 0.3) is 0 Å². The molecule has 1 aliphatic carbocycles. The summed E-state index contributed by atoms with van der Waals surface area (Å²) >= 11 is 2.18. The minimum Gasteiger partial charge on any atom is -0.314 e. The topological polar surface area (TPSA) is 15.3 Å². The van der Waals surface area contributed by atoms with E-state index in [4.69, 9.17) is 0 Å². The molecule has 0 spiro atoms. The SMILES string of the molecule is CCC1CN(C2CCC2CNC(C)C)CCS1. The molecule has 17 heavy (non-hydrogen) atoms. The molecule has 2 nitrogen and oxygen atoms in total. The van der Waals surface area contributed by atoms with E-state index in [0.717, 1.165) is 17.2 Å². The fourth-order valence-corrected chi connectivity index (χ4v) is 4.15. The van der Waals surface area contributed by atoms with Crippen LogP contribution in [0.5, 0.6) is 0 Å². The standard InChI is InChI=1S/C14H28N2S/c1-4-13-10-16(7-8-17-13)14-6-5-12(14)9-15-11(2)3/h11-15H,4-10H2,1-3H3. The van der Waals surface area contributed by atoms with Crippen LogP contribution in [0, 0.1) is 5.92 Å². The van der Waals surface area contributed by atoms with Crippen molar-refractivity contribution in [1.82, 2.24) is 10.2 Å². The van der Waals surface area contributed by atoms with Crippen LogP contribution in [0.2, 0.25) is 0 Å². The largest absolute Gasteiger partial charge is 0.314 e. The number of rotatable bonds is 5. The van der Waals surface area contributed by atoms with Crippen LogP contribution in [0.4, 0.5) is 0 Å². The van der Waals surface area contributed by atoms with E-state index in [-0.39, 0.29) is 0 Å². The number of hydrogen-bond acceptors (Lipinski definition) is 3. The Kier molecular flexibility index (Phi) is 5.19. The third-order valence-corrected chi connectivity index (χ3v) is 5.63. The smallest absolute Gasteiger partial charge is 0.0172 e. The summed E-state index contributed by atoms with van der Waals surface area (Å²) in [6.07, 6.45) is 4.21. The lowest BCUT2D eigenvalue weighted by Crippen LogP contribution is -2.54. The maximum atomic E-state index is 3.61. The highest BCUT2D eigenvalue weighted by Crippen LogP contribution is 2.34. The Bertz CT molecular complexity index is 232. The van der Waals surface area contributed by atoms with Gasteiger partial charge in [-0.2, -0.15) is 11.8 Å². The molecule has 2 aliphatic rings. The molecule has 0 aromatic rings. The zero-order valence-electron chi connectivity index (χ0n) is 11.6. The van der Waals surface area contributed by atoms with Crippen LogP contribution in [-0.4, -0.2) is 47.6 Å². The number of hydrogen-bond donors (Lipinski definition) is 1. The average Bonchev–Trinajstić information content (AvgIpc) is 2.27. The van der Waals surface area contributed by atoms with E-state index in [0.29, 0.717) is 6.04 Å². The van der Waals surface area contributed by atoms with Crippen molar-refractivity contribution in [2.45, 2.75) is 57.4 Å². The van der Waals surface area contributed by atoms with Crippen molar-refractivity contribution in [2.24, 2.45) is 5.92 Å². The Balaban J connectivity index is 1.77. The molecule has 1 heterocycles. The van der Waals surface area contributed by atoms with E-state index < -0.39 is 0 Å². The first kappa shape index (κ1) is 13.7. The molecule has 0 bridgehead atoms. The highest BCUT2D eigenvalue weighted by molar-refractivity contribution is 8.00. The fraction of sp³-hybridized carbons (Fsp3) is 1.00. The molecule has 0 amide bonds. The summed E-state index contributed by atoms with van der Waals surface area (Å²) in [5, 5.41) is 4.50. The molecule has 1 saturated carbocycles. The molecule has 1 aliphatic heterocycles. The third-order valence-electron chi connectivity index (χ3n) is 4.26. The molecular formula is C14H28N2S. The molecule has 2 rings (SSSR count). The van der Waals surface area contributed by atoms with Gasteiger partial charge in [-0.15, -0.1) is 0 Å². The molecule has 1 N–H and O–H groups in total. The van der Waals surface area contributed by atoms with Crippen molar-refractivity contribution in [3.63, 3.8) is 0 Å². The maximum absolute atomic E-state index is 3.61. The first-order valence-electron chi connectivity index (χ1n) is 7.29. The molecule has 3 unspecified atom stereocenters. The lowest BCUT2D eigenvalue weighted by molar-refractivity contribution is 0.0632. The van der Waals surface area contributed by atoms with Gasteiger partial charge in [-0.25, -0.2) is 0 Å². The highest BCUT2D eigenvalue weighted by atomic mass is 32.2. The number of thioether (sulfide) groups is 1. The van der Waals surface area contributed by atoms with E-state index >= 15 is 0 Å². The van der Waals surface area contributed by atoms with Gasteiger partial charge in [-0.1, -0.05) is 20.8 Å². The second-order valence-corrected chi connectivity index (χ2v) is 7.27. The molecule has 3 heteroatoms. The van der Waals surface area contributed by atoms with Crippen molar-refractivity contribution < 1.29 is 0 Å². The minimum atomic E-state index is 0.636. The van der Waals surface area contributed by atoms with Crippen LogP contribution >= 0.6 is 11.8 Å². The van der Waals surface area contributed by atoms with Gasteiger partial charge < -0.3 is 5.32 Å². The van der Waals surface area contributed by atoms with E-state index in [1.54, 1.807) is 0 Å². The molecule has 0 aromatic heterocycles. The zero-order valence-corrected chi connectivity index (χ0v) is 12.4. The summed E-state index contributed by atoms with van der Waals surface area (Å²) in [6.45, 7) is 10.7. The summed E-state index contributed by atoms with van der Waals surface area (Å²) in [6, 6.07) is 1.52. The average molecular weight is 256 g/mol. The van der Waals surface area contributed by atoms with Crippen molar-refractivity contribution in [3.05, 3.63) is 0 Å². The predicted octanol–water partition coefficient (Wildman–Crippen LogP) is 2.59. The van der Waals surface area contributed by atoms with Crippen LogP contribution in [0.1, 0.15) is 40.0 Å². The first-order chi connectivity index (χ1) is 8.20. The van der Waals surface area contributed by atoms with Gasteiger partial charge in [0.25, 0.3) is 0 Å². The van der Waals surface area contributed by atoms with Crippen molar-refractivity contribution in [3.8, 4) is 0 Å². The normalized spacial score (nSPS) is 34.9. The van der Waals surface area contributed by atoms with Crippen molar-refractivity contribution in [2.75, 3.05) is 25.4 Å². The lowest BCUT2D eigenvalue weighted by atomic mass is 9.78. The monoisotopic (exact) mass is 256 g/mol. The second-order valence-electron chi connectivity index (χ2n) is 5.86. The van der Waals surface area contributed by atoms with Gasteiger partial charge in [-0.3, -0.25) is 4.90 Å². The van der Waals surface area contributed by atoms with Gasteiger partial charge in [-0.05, 0) is 31.7 Å². The summed E-state index contributed by atoms with van der Waals surface area (Å²) in [5.41, 5.74) is 0. The Morgan fingerprint density at radius 2 is 2.18 bits per heavy atom. The predicted molar refractivity (Wildman–Crippen MR) is 77.8 cm³/mol. The molecular weight excluding hydrogens is 228 g/mol. The van der Waals surface area contributed by atoms with Crippen molar-refractivity contribution in [1.29, 1.82) is 0 Å². The Morgan fingerprint density at radius 3 is 2.76 bits per heavy atom. The maximum Gasteiger partial charge on any atom is 0.0172 e. The molecule has 2 fully saturated rings. The van der Waals surface area contributed by atoms with Gasteiger partial charge >= 0.3 is 0 Å². The van der Waals surface area contributed by atoms with E-state index in [1.807, 2.05) is 0 Å². The molecule has 100 valence electrons. The van der Waals surface area contributed by atoms with Gasteiger partial charge in [0, 0.05) is 36.2 Å². The Morgan fingerprint density at radius 1 is 1.35 bits per heavy atom. The lowest BCUT2D eigenvalue weighted by Gasteiger charge is -2.47. The van der Waals surface area contributed by atoms with Crippen molar-refractivity contribution >= 4 is 11.8 Å². The Labute approximate surface area is 111 Å². The van der Waals surface area contributed by atoms with Gasteiger partial charge in [0.2, 0.25) is 0 Å². The van der Waals surface area contributed by atoms with Gasteiger partial charge in [0.1, 0.15) is 0 Å². The first-order valence-corrected chi connectivity index (χ1v) is 8.34. The molecule has 0 radical (unpaired) electrons. The van der Waals surface area contributed by atoms with Crippen LogP contribution in [-0.2, 0) is 0 Å². The molecule has 3 atom stereocenters. The van der Waals surface area contributed by atoms with Gasteiger partial charge in [0.15, 0.2) is 0 Å². The molecule has 1 saturated heterocycles. The fourth-order valence-electron chi connectivity index (χ4n) is 2.95. The second kappa shape index (κ2) is 6.44. The third kappa shape index (κ3) is 3.62. The molecule has 0 aromatic carbocycles. The Hall–Kier alpha value is 0.270. The number of nitrogens with zero attached hydrogens (tertiary/aromatic N) is 1. The van der Waals surface area contributed by atoms with E-state index in [1.165, 1.54) is 44.6 Å². The summed E-state index contributed by atoms with van der Waals surface area (Å²) in [5.74, 6) is 2.26. The highest BCUT2D eigenvalue weighted by Gasteiger charge is 2.36. The van der Waals surface area contributed by atoms with Crippen LogP contribution in [0.15, 0.2) is 0 Å². The summed E-state index contributed by atoms with van der Waals surface area (Å²) < 4.78 is 0. The summed E-state index contributed by atoms with van der Waals surface area (Å²) in [7, 11) is 0. The minimum absolute atomic E-state index is 0.636. The van der Waals surface area contributed by atoms with Gasteiger partial charge in [0.05, 0.1) is 0 Å². The van der Waals surface area contributed by atoms with Crippen LogP contribution < -0.4 is 5.32 Å². The van der Waals surface area contributed by atoms with E-state index in [9.17, 15) is 0 Å². The van der Waals surface area contributed by atoms with E-state index in [2.05, 4.69) is 42.7 Å². The number of nitrogens with one attached hydrogen (secondary N) is 1. The quantitative estimate of drug-likeness (QED) is 0.814. The summed E-state index contributed by atoms with van der Waals surface area (Å²) in [4.78, 5) is 2.78. The van der Waals surface area contributed by atoms with Crippen LogP contribution in [0.3, 0.4) is 0 Å². The zero-order chi connectivity index (χ0) is 12.3.